The fourth-order valence-electron chi connectivity index (χ4n) is 1.94. The molecule has 0 radical (unpaired) electrons. The summed E-state index contributed by atoms with van der Waals surface area (Å²) < 4.78 is 5.72. The zero-order chi connectivity index (χ0) is 14.5. The van der Waals surface area contributed by atoms with E-state index in [-0.39, 0.29) is 24.0 Å². The van der Waals surface area contributed by atoms with E-state index in [4.69, 9.17) is 4.42 Å². The summed E-state index contributed by atoms with van der Waals surface area (Å²) in [4.78, 5) is 12.7. The molecule has 0 saturated heterocycles. The van der Waals surface area contributed by atoms with Gasteiger partial charge in [0.1, 0.15) is 6.54 Å². The van der Waals surface area contributed by atoms with Crippen molar-refractivity contribution in [1.82, 2.24) is 14.8 Å². The lowest BCUT2D eigenvalue weighted by atomic mass is 10.2. The van der Waals surface area contributed by atoms with Crippen LogP contribution in [-0.2, 0) is 6.54 Å². The Kier molecular flexibility index (Phi) is 6.67. The van der Waals surface area contributed by atoms with E-state index >= 15 is 0 Å². The summed E-state index contributed by atoms with van der Waals surface area (Å²) in [6.45, 7) is 0.429. The summed E-state index contributed by atoms with van der Waals surface area (Å²) in [5, 5.41) is 0. The lowest BCUT2D eigenvalue weighted by molar-refractivity contribution is 0.468. The standard InChI is InChI=1S/C15H20N4O.HI/c1-18(2)15(19(3)4)17-11-14-16-10-13(20-14)12-8-6-5-7-9-12;/h5-10H,11H2,1-4H3;1H. The number of hydrogen-bond acceptors (Lipinski definition) is 3. The molecule has 0 N–H and O–H groups in total. The van der Waals surface area contributed by atoms with Crippen LogP contribution in [0.15, 0.2) is 45.9 Å². The maximum absolute atomic E-state index is 5.72. The van der Waals surface area contributed by atoms with Gasteiger partial charge in [0, 0.05) is 33.8 Å². The highest BCUT2D eigenvalue weighted by Gasteiger charge is 2.08. The zero-order valence-electron chi connectivity index (χ0n) is 12.8. The van der Waals surface area contributed by atoms with Crippen LogP contribution in [0.5, 0.6) is 0 Å². The predicted molar refractivity (Wildman–Crippen MR) is 95.9 cm³/mol. The Labute approximate surface area is 142 Å². The lowest BCUT2D eigenvalue weighted by Crippen LogP contribution is -2.35. The zero-order valence-corrected chi connectivity index (χ0v) is 15.1. The number of benzene rings is 1. The van der Waals surface area contributed by atoms with Gasteiger partial charge in [-0.05, 0) is 0 Å². The van der Waals surface area contributed by atoms with E-state index in [1.54, 1.807) is 6.20 Å². The molecule has 0 amide bonds. The van der Waals surface area contributed by atoms with Crippen molar-refractivity contribution in [2.45, 2.75) is 6.54 Å². The van der Waals surface area contributed by atoms with Gasteiger partial charge in [-0.25, -0.2) is 9.98 Å². The minimum atomic E-state index is 0. The summed E-state index contributed by atoms with van der Waals surface area (Å²) >= 11 is 0. The molecule has 0 bridgehead atoms. The van der Waals surface area contributed by atoms with Crippen LogP contribution in [0.2, 0.25) is 0 Å². The lowest BCUT2D eigenvalue weighted by Gasteiger charge is -2.22. The van der Waals surface area contributed by atoms with Gasteiger partial charge in [0.2, 0.25) is 5.89 Å². The number of hydrogen-bond donors (Lipinski definition) is 0. The summed E-state index contributed by atoms with van der Waals surface area (Å²) in [5.41, 5.74) is 1.02. The molecule has 0 fully saturated rings. The molecule has 0 saturated carbocycles. The van der Waals surface area contributed by atoms with Gasteiger partial charge >= 0.3 is 0 Å². The van der Waals surface area contributed by atoms with Gasteiger partial charge in [-0.2, -0.15) is 0 Å². The SMILES string of the molecule is CN(C)C(=NCc1ncc(-c2ccccc2)o1)N(C)C.I. The maximum Gasteiger partial charge on any atom is 0.216 e. The number of rotatable bonds is 3. The van der Waals surface area contributed by atoms with Crippen molar-refractivity contribution in [2.24, 2.45) is 4.99 Å². The Morgan fingerprint density at radius 2 is 1.71 bits per heavy atom. The molecule has 2 rings (SSSR count). The summed E-state index contributed by atoms with van der Waals surface area (Å²) in [6.07, 6.45) is 1.74. The summed E-state index contributed by atoms with van der Waals surface area (Å²) in [7, 11) is 7.85. The molecule has 21 heavy (non-hydrogen) atoms. The minimum Gasteiger partial charge on any atom is -0.439 e. The molecule has 114 valence electrons. The van der Waals surface area contributed by atoms with Crippen LogP contribution in [0.25, 0.3) is 11.3 Å². The summed E-state index contributed by atoms with van der Waals surface area (Å²) in [6, 6.07) is 9.93. The second-order valence-electron chi connectivity index (χ2n) is 4.89. The predicted octanol–water partition coefficient (Wildman–Crippen LogP) is 2.94. The molecular formula is C15H21IN4O. The number of halogens is 1. The molecule has 5 nitrogen and oxygen atoms in total. The highest BCUT2D eigenvalue weighted by Crippen LogP contribution is 2.19. The molecule has 0 aliphatic carbocycles. The Bertz CT molecular complexity index is 568. The third kappa shape index (κ3) is 4.73. The molecule has 0 unspecified atom stereocenters. The minimum absolute atomic E-state index is 0. The van der Waals surface area contributed by atoms with Crippen molar-refractivity contribution < 1.29 is 4.42 Å². The van der Waals surface area contributed by atoms with Gasteiger partial charge in [-0.1, -0.05) is 30.3 Å². The molecule has 1 aromatic carbocycles. The van der Waals surface area contributed by atoms with Crippen molar-refractivity contribution >= 4 is 29.9 Å². The smallest absolute Gasteiger partial charge is 0.216 e. The molecule has 0 aliphatic rings. The van der Waals surface area contributed by atoms with Gasteiger partial charge in [-0.3, -0.25) is 0 Å². The van der Waals surface area contributed by atoms with E-state index in [2.05, 4.69) is 9.98 Å². The fraction of sp³-hybridized carbons (Fsp3) is 0.333. The first-order valence-electron chi connectivity index (χ1n) is 6.47. The Balaban J connectivity index is 0.00000220. The van der Waals surface area contributed by atoms with Gasteiger partial charge in [0.15, 0.2) is 11.7 Å². The first-order chi connectivity index (χ1) is 9.58. The van der Waals surface area contributed by atoms with Gasteiger partial charge in [0.05, 0.1) is 6.20 Å². The monoisotopic (exact) mass is 400 g/mol. The number of aliphatic imine (C=N–C) groups is 1. The van der Waals surface area contributed by atoms with Crippen molar-refractivity contribution in [3.63, 3.8) is 0 Å². The van der Waals surface area contributed by atoms with Crippen LogP contribution in [0, 0.1) is 0 Å². The van der Waals surface area contributed by atoms with E-state index in [1.165, 1.54) is 0 Å². The van der Waals surface area contributed by atoms with E-state index in [0.29, 0.717) is 12.4 Å². The molecule has 1 heterocycles. The van der Waals surface area contributed by atoms with Crippen molar-refractivity contribution in [2.75, 3.05) is 28.2 Å². The number of aromatic nitrogens is 1. The average molecular weight is 400 g/mol. The quantitative estimate of drug-likeness (QED) is 0.452. The van der Waals surface area contributed by atoms with Gasteiger partial charge < -0.3 is 14.2 Å². The molecule has 1 aromatic heterocycles. The highest BCUT2D eigenvalue weighted by atomic mass is 127. The van der Waals surface area contributed by atoms with E-state index < -0.39 is 0 Å². The largest absolute Gasteiger partial charge is 0.439 e. The first-order valence-corrected chi connectivity index (χ1v) is 6.47. The number of guanidine groups is 1. The van der Waals surface area contributed by atoms with E-state index in [1.807, 2.05) is 68.3 Å². The summed E-state index contributed by atoms with van der Waals surface area (Å²) in [5.74, 6) is 2.27. The second kappa shape index (κ2) is 8.02. The highest BCUT2D eigenvalue weighted by molar-refractivity contribution is 14.0. The Morgan fingerprint density at radius 3 is 2.29 bits per heavy atom. The first kappa shape index (κ1) is 17.5. The Hall–Kier alpha value is -1.57. The van der Waals surface area contributed by atoms with E-state index in [9.17, 15) is 0 Å². The van der Waals surface area contributed by atoms with E-state index in [0.717, 1.165) is 17.3 Å². The molecule has 0 atom stereocenters. The number of nitrogens with zero attached hydrogens (tertiary/aromatic N) is 4. The molecular weight excluding hydrogens is 379 g/mol. The van der Waals surface area contributed by atoms with Crippen LogP contribution >= 0.6 is 24.0 Å². The van der Waals surface area contributed by atoms with Gasteiger partial charge in [-0.15, -0.1) is 24.0 Å². The number of oxazole rings is 1. The fourth-order valence-corrected chi connectivity index (χ4v) is 1.94. The third-order valence-electron chi connectivity index (χ3n) is 2.77. The average Bonchev–Trinajstić information content (AvgIpc) is 2.88. The van der Waals surface area contributed by atoms with Crippen LogP contribution in [0.3, 0.4) is 0 Å². The molecule has 6 heteroatoms. The molecule has 0 aliphatic heterocycles. The third-order valence-corrected chi connectivity index (χ3v) is 2.77. The second-order valence-corrected chi connectivity index (χ2v) is 4.89. The van der Waals surface area contributed by atoms with Crippen molar-refractivity contribution in [1.29, 1.82) is 0 Å². The molecule has 0 spiro atoms. The Morgan fingerprint density at radius 1 is 1.10 bits per heavy atom. The maximum atomic E-state index is 5.72. The van der Waals surface area contributed by atoms with Crippen molar-refractivity contribution in [3.8, 4) is 11.3 Å². The van der Waals surface area contributed by atoms with Crippen LogP contribution in [0.4, 0.5) is 0 Å². The van der Waals surface area contributed by atoms with Crippen LogP contribution < -0.4 is 0 Å². The van der Waals surface area contributed by atoms with Crippen LogP contribution in [-0.4, -0.2) is 48.9 Å². The van der Waals surface area contributed by atoms with Crippen molar-refractivity contribution in [3.05, 3.63) is 42.4 Å². The van der Waals surface area contributed by atoms with Crippen LogP contribution in [0.1, 0.15) is 5.89 Å². The molecule has 2 aromatic rings. The van der Waals surface area contributed by atoms with Gasteiger partial charge in [0.25, 0.3) is 0 Å². The topological polar surface area (TPSA) is 44.9 Å². The normalized spacial score (nSPS) is 9.71.